The van der Waals surface area contributed by atoms with Crippen LogP contribution in [0.2, 0.25) is 5.15 Å². The van der Waals surface area contributed by atoms with Crippen LogP contribution < -0.4 is 0 Å². The normalized spacial score (nSPS) is 10.5. The lowest BCUT2D eigenvalue weighted by Gasteiger charge is -2.04. The zero-order valence-electron chi connectivity index (χ0n) is 7.35. The van der Waals surface area contributed by atoms with Crippen molar-refractivity contribution in [2.45, 2.75) is 6.43 Å². The molecule has 6 nitrogen and oxygen atoms in total. The van der Waals surface area contributed by atoms with Crippen molar-refractivity contribution in [3.63, 3.8) is 0 Å². The molecule has 1 aromatic rings. The molecule has 1 heterocycles. The van der Waals surface area contributed by atoms with Gasteiger partial charge in [-0.15, -0.1) is 0 Å². The molecule has 0 amide bonds. The zero-order valence-corrected chi connectivity index (χ0v) is 8.11. The second-order valence-electron chi connectivity index (χ2n) is 2.59. The van der Waals surface area contributed by atoms with Crippen molar-refractivity contribution in [1.82, 2.24) is 4.98 Å². The molecule has 16 heavy (non-hydrogen) atoms. The number of carbonyl (C=O) groups is 1. The van der Waals surface area contributed by atoms with Crippen LogP contribution in [0.4, 0.5) is 14.5 Å². The van der Waals surface area contributed by atoms with Gasteiger partial charge in [-0.2, -0.15) is 0 Å². The second-order valence-corrected chi connectivity index (χ2v) is 2.95. The molecule has 0 fully saturated rings. The SMILES string of the molecule is O=C(O)c1c(Cl)ncc(C(F)F)c1[N+](=O)[O-]. The van der Waals surface area contributed by atoms with E-state index in [2.05, 4.69) is 4.98 Å². The number of aromatic nitrogens is 1. The van der Waals surface area contributed by atoms with E-state index in [1.165, 1.54) is 0 Å². The number of aromatic carboxylic acids is 1. The fourth-order valence-corrected chi connectivity index (χ4v) is 1.26. The molecule has 1 N–H and O–H groups in total. The number of carboxylic acid groups (broad SMARTS) is 1. The Labute approximate surface area is 91.6 Å². The summed E-state index contributed by atoms with van der Waals surface area (Å²) in [5.41, 5.74) is -3.35. The number of alkyl halides is 2. The van der Waals surface area contributed by atoms with E-state index >= 15 is 0 Å². The zero-order chi connectivity index (χ0) is 12.5. The minimum absolute atomic E-state index is 0.484. The Balaban J connectivity index is 3.63. The van der Waals surface area contributed by atoms with Gasteiger partial charge in [-0.1, -0.05) is 11.6 Å². The molecule has 0 radical (unpaired) electrons. The summed E-state index contributed by atoms with van der Waals surface area (Å²) in [5, 5.41) is 18.4. The molecule has 0 atom stereocenters. The first kappa shape index (κ1) is 12.2. The molecule has 0 aromatic carbocycles. The maximum atomic E-state index is 12.4. The maximum Gasteiger partial charge on any atom is 0.345 e. The van der Waals surface area contributed by atoms with E-state index in [0.29, 0.717) is 6.20 Å². The maximum absolute atomic E-state index is 12.4. The van der Waals surface area contributed by atoms with Gasteiger partial charge in [0.2, 0.25) is 0 Å². The molecule has 0 aliphatic carbocycles. The van der Waals surface area contributed by atoms with Crippen molar-refractivity contribution < 1.29 is 23.6 Å². The summed E-state index contributed by atoms with van der Waals surface area (Å²) in [6.07, 6.45) is -2.72. The van der Waals surface area contributed by atoms with Gasteiger partial charge < -0.3 is 5.11 Å². The van der Waals surface area contributed by atoms with Crippen molar-refractivity contribution in [3.05, 3.63) is 32.6 Å². The lowest BCUT2D eigenvalue weighted by Crippen LogP contribution is -2.08. The number of carboxylic acids is 1. The second kappa shape index (κ2) is 4.35. The Kier molecular flexibility index (Phi) is 3.33. The summed E-state index contributed by atoms with van der Waals surface area (Å²) in [7, 11) is 0. The number of nitro groups is 1. The highest BCUT2D eigenvalue weighted by Gasteiger charge is 2.32. The minimum atomic E-state index is -3.21. The van der Waals surface area contributed by atoms with Crippen LogP contribution in [0.3, 0.4) is 0 Å². The number of hydrogen-bond acceptors (Lipinski definition) is 4. The van der Waals surface area contributed by atoms with E-state index in [0.717, 1.165) is 0 Å². The van der Waals surface area contributed by atoms with Crippen LogP contribution in [-0.2, 0) is 0 Å². The molecule has 0 bridgehead atoms. The highest BCUT2D eigenvalue weighted by atomic mass is 35.5. The van der Waals surface area contributed by atoms with Crippen molar-refractivity contribution in [1.29, 1.82) is 0 Å². The van der Waals surface area contributed by atoms with E-state index in [9.17, 15) is 23.7 Å². The number of pyridine rings is 1. The third kappa shape index (κ3) is 2.06. The summed E-state index contributed by atoms with van der Waals surface area (Å²) in [6.45, 7) is 0. The van der Waals surface area contributed by atoms with Gasteiger partial charge in [-0.05, 0) is 0 Å². The van der Waals surface area contributed by atoms with Crippen LogP contribution in [0, 0.1) is 10.1 Å². The third-order valence-electron chi connectivity index (χ3n) is 1.67. The number of nitrogens with zero attached hydrogens (tertiary/aromatic N) is 2. The van der Waals surface area contributed by atoms with E-state index < -0.39 is 39.3 Å². The van der Waals surface area contributed by atoms with Gasteiger partial charge in [-0.25, -0.2) is 18.6 Å². The number of halogens is 3. The molecule has 0 aliphatic heterocycles. The average Bonchev–Trinajstić information content (AvgIpc) is 2.15. The smallest absolute Gasteiger partial charge is 0.345 e. The van der Waals surface area contributed by atoms with E-state index in [-0.39, 0.29) is 0 Å². The molecule has 0 aliphatic rings. The van der Waals surface area contributed by atoms with Gasteiger partial charge in [-0.3, -0.25) is 10.1 Å². The highest BCUT2D eigenvalue weighted by Crippen LogP contribution is 2.34. The number of rotatable bonds is 3. The van der Waals surface area contributed by atoms with Crippen LogP contribution in [0.25, 0.3) is 0 Å². The highest BCUT2D eigenvalue weighted by molar-refractivity contribution is 6.32. The molecule has 1 aromatic heterocycles. The Morgan fingerprint density at radius 3 is 2.56 bits per heavy atom. The van der Waals surface area contributed by atoms with Crippen molar-refractivity contribution in [2.24, 2.45) is 0 Å². The quantitative estimate of drug-likeness (QED) is 0.506. The Morgan fingerprint density at radius 2 is 2.19 bits per heavy atom. The van der Waals surface area contributed by atoms with Crippen LogP contribution in [0.1, 0.15) is 22.3 Å². The van der Waals surface area contributed by atoms with Crippen LogP contribution in [0.5, 0.6) is 0 Å². The summed E-state index contributed by atoms with van der Waals surface area (Å²) < 4.78 is 24.8. The van der Waals surface area contributed by atoms with Gasteiger partial charge in [0.1, 0.15) is 5.56 Å². The van der Waals surface area contributed by atoms with Crippen LogP contribution in [0.15, 0.2) is 6.20 Å². The standard InChI is InChI=1S/C7H3ClF2N2O4/c8-5-3(7(13)14)4(12(15)16)2(1-11-5)6(9)10/h1,6H,(H,13,14). The Hall–Kier alpha value is -1.83. The lowest BCUT2D eigenvalue weighted by atomic mass is 10.1. The van der Waals surface area contributed by atoms with Gasteiger partial charge in [0.05, 0.1) is 4.92 Å². The number of hydrogen-bond donors (Lipinski definition) is 1. The largest absolute Gasteiger partial charge is 0.477 e. The summed E-state index contributed by atoms with van der Waals surface area (Å²) in [4.78, 5) is 23.1. The summed E-state index contributed by atoms with van der Waals surface area (Å²) >= 11 is 5.30. The Bertz CT molecular complexity index is 466. The first-order valence-corrected chi connectivity index (χ1v) is 4.08. The van der Waals surface area contributed by atoms with E-state index in [1.807, 2.05) is 0 Å². The topological polar surface area (TPSA) is 93.3 Å². The first-order chi connectivity index (χ1) is 7.36. The van der Waals surface area contributed by atoms with Crippen LogP contribution >= 0.6 is 11.6 Å². The summed E-state index contributed by atoms with van der Waals surface area (Å²) in [5.74, 6) is -1.79. The Morgan fingerprint density at radius 1 is 1.62 bits per heavy atom. The van der Waals surface area contributed by atoms with E-state index in [1.54, 1.807) is 0 Å². The van der Waals surface area contributed by atoms with Gasteiger partial charge >= 0.3 is 5.97 Å². The van der Waals surface area contributed by atoms with Gasteiger partial charge in [0.15, 0.2) is 10.7 Å². The van der Waals surface area contributed by atoms with Crippen molar-refractivity contribution >= 4 is 23.3 Å². The van der Waals surface area contributed by atoms with Crippen molar-refractivity contribution in [3.8, 4) is 0 Å². The average molecular weight is 253 g/mol. The molecular weight excluding hydrogens is 250 g/mol. The molecule has 0 saturated heterocycles. The molecule has 0 spiro atoms. The minimum Gasteiger partial charge on any atom is -0.477 e. The summed E-state index contributed by atoms with van der Waals surface area (Å²) in [6, 6.07) is 0. The predicted octanol–water partition coefficient (Wildman–Crippen LogP) is 2.28. The monoisotopic (exact) mass is 252 g/mol. The van der Waals surface area contributed by atoms with Crippen LogP contribution in [-0.4, -0.2) is 21.0 Å². The predicted molar refractivity (Wildman–Crippen MR) is 47.8 cm³/mol. The molecular formula is C7H3ClF2N2O4. The molecule has 0 saturated carbocycles. The van der Waals surface area contributed by atoms with Gasteiger partial charge in [0, 0.05) is 6.20 Å². The first-order valence-electron chi connectivity index (χ1n) is 3.70. The van der Waals surface area contributed by atoms with E-state index in [4.69, 9.17) is 16.7 Å². The third-order valence-corrected chi connectivity index (χ3v) is 1.95. The fraction of sp³-hybridized carbons (Fsp3) is 0.143. The molecule has 86 valence electrons. The molecule has 1 rings (SSSR count). The fourth-order valence-electron chi connectivity index (χ4n) is 1.04. The van der Waals surface area contributed by atoms with Crippen molar-refractivity contribution in [2.75, 3.05) is 0 Å². The van der Waals surface area contributed by atoms with Gasteiger partial charge in [0.25, 0.3) is 12.1 Å². The molecule has 0 unspecified atom stereocenters. The molecule has 9 heteroatoms. The lowest BCUT2D eigenvalue weighted by molar-refractivity contribution is -0.386.